The molecule has 0 bridgehead atoms. The van der Waals surface area contributed by atoms with Crippen LogP contribution in [-0.2, 0) is 9.47 Å². The van der Waals surface area contributed by atoms with Crippen molar-refractivity contribution in [1.82, 2.24) is 0 Å². The van der Waals surface area contributed by atoms with Crippen LogP contribution in [0, 0.1) is 0 Å². The van der Waals surface area contributed by atoms with Gasteiger partial charge in [0.15, 0.2) is 0 Å². The largest absolute Gasteiger partial charge is 0.505 e. The number of rotatable bonds is 7. The van der Waals surface area contributed by atoms with Crippen LogP contribution in [0.1, 0.15) is 33.1 Å². The molecule has 1 atom stereocenters. The Morgan fingerprint density at radius 3 is 2.62 bits per heavy atom. The summed E-state index contributed by atoms with van der Waals surface area (Å²) in [6.45, 7) is 4.98. The van der Waals surface area contributed by atoms with Crippen molar-refractivity contribution in [2.75, 3.05) is 13.2 Å². The van der Waals surface area contributed by atoms with Gasteiger partial charge in [-0.25, -0.2) is 4.79 Å². The summed E-state index contributed by atoms with van der Waals surface area (Å²) in [5, 5.41) is 8.19. The van der Waals surface area contributed by atoms with Crippen LogP contribution in [0.3, 0.4) is 0 Å². The molecule has 0 aliphatic carbocycles. The molecule has 0 saturated heterocycles. The van der Waals surface area contributed by atoms with Gasteiger partial charge in [0.2, 0.25) is 0 Å². The number of ether oxygens (including phenoxy) is 2. The number of hydrogen-bond acceptors (Lipinski definition) is 3. The van der Waals surface area contributed by atoms with E-state index in [0.29, 0.717) is 6.61 Å². The minimum absolute atomic E-state index is 0.238. The second kappa shape index (κ2) is 7.86. The average molecular weight is 190 g/mol. The minimum Gasteiger partial charge on any atom is -0.450 e. The second-order valence-electron chi connectivity index (χ2n) is 2.74. The first-order valence-corrected chi connectivity index (χ1v) is 4.68. The SMILES string of the molecule is CCOC(CC)CCCOC(=O)O. The van der Waals surface area contributed by atoms with E-state index in [4.69, 9.17) is 9.84 Å². The van der Waals surface area contributed by atoms with Gasteiger partial charge in [-0.15, -0.1) is 0 Å². The van der Waals surface area contributed by atoms with Gasteiger partial charge in [-0.2, -0.15) is 0 Å². The third-order valence-corrected chi connectivity index (χ3v) is 1.75. The van der Waals surface area contributed by atoms with Gasteiger partial charge in [0, 0.05) is 6.61 Å². The lowest BCUT2D eigenvalue weighted by Gasteiger charge is -2.13. The zero-order valence-corrected chi connectivity index (χ0v) is 8.28. The smallest absolute Gasteiger partial charge is 0.450 e. The van der Waals surface area contributed by atoms with Crippen LogP contribution in [-0.4, -0.2) is 30.6 Å². The van der Waals surface area contributed by atoms with Gasteiger partial charge in [-0.3, -0.25) is 0 Å². The summed E-state index contributed by atoms with van der Waals surface area (Å²) in [7, 11) is 0. The van der Waals surface area contributed by atoms with Crippen LogP contribution in [0.2, 0.25) is 0 Å². The summed E-state index contributed by atoms with van der Waals surface area (Å²) in [6.07, 6.45) is 1.58. The molecule has 1 N–H and O–H groups in total. The Balaban J connectivity index is 3.32. The van der Waals surface area contributed by atoms with Crippen LogP contribution in [0.25, 0.3) is 0 Å². The summed E-state index contributed by atoms with van der Waals surface area (Å²) < 4.78 is 9.77. The summed E-state index contributed by atoms with van der Waals surface area (Å²) >= 11 is 0. The van der Waals surface area contributed by atoms with Crippen LogP contribution in [0.5, 0.6) is 0 Å². The van der Waals surface area contributed by atoms with E-state index in [-0.39, 0.29) is 12.7 Å². The zero-order chi connectivity index (χ0) is 10.1. The lowest BCUT2D eigenvalue weighted by Crippen LogP contribution is -2.13. The summed E-state index contributed by atoms with van der Waals surface area (Å²) in [5.74, 6) is 0. The third-order valence-electron chi connectivity index (χ3n) is 1.75. The Morgan fingerprint density at radius 1 is 1.46 bits per heavy atom. The molecule has 0 aliphatic rings. The molecule has 4 nitrogen and oxygen atoms in total. The molecule has 13 heavy (non-hydrogen) atoms. The molecular weight excluding hydrogens is 172 g/mol. The molecule has 0 aromatic carbocycles. The quantitative estimate of drug-likeness (QED) is 0.494. The van der Waals surface area contributed by atoms with E-state index in [1.54, 1.807) is 0 Å². The Bertz CT molecular complexity index is 136. The van der Waals surface area contributed by atoms with Crippen molar-refractivity contribution >= 4 is 6.16 Å². The van der Waals surface area contributed by atoms with Gasteiger partial charge in [0.1, 0.15) is 0 Å². The predicted octanol–water partition coefficient (Wildman–Crippen LogP) is 2.28. The van der Waals surface area contributed by atoms with E-state index in [1.807, 2.05) is 6.92 Å². The van der Waals surface area contributed by atoms with Gasteiger partial charge in [-0.05, 0) is 26.2 Å². The molecule has 1 unspecified atom stereocenters. The van der Waals surface area contributed by atoms with E-state index >= 15 is 0 Å². The number of carboxylic acid groups (broad SMARTS) is 1. The number of carbonyl (C=O) groups is 1. The Morgan fingerprint density at radius 2 is 2.15 bits per heavy atom. The maximum absolute atomic E-state index is 9.99. The van der Waals surface area contributed by atoms with Crippen molar-refractivity contribution in [2.24, 2.45) is 0 Å². The maximum Gasteiger partial charge on any atom is 0.505 e. The van der Waals surface area contributed by atoms with Crippen LogP contribution in [0.4, 0.5) is 4.79 Å². The van der Waals surface area contributed by atoms with Gasteiger partial charge in [0.25, 0.3) is 0 Å². The average Bonchev–Trinajstić information content (AvgIpc) is 2.10. The van der Waals surface area contributed by atoms with E-state index < -0.39 is 6.16 Å². The third kappa shape index (κ3) is 7.59. The fraction of sp³-hybridized carbons (Fsp3) is 0.889. The molecule has 78 valence electrons. The van der Waals surface area contributed by atoms with Crippen molar-refractivity contribution in [3.05, 3.63) is 0 Å². The molecular formula is C9H18O4. The summed E-state index contributed by atoms with van der Waals surface area (Å²) in [5.41, 5.74) is 0. The Labute approximate surface area is 78.8 Å². The zero-order valence-electron chi connectivity index (χ0n) is 8.28. The van der Waals surface area contributed by atoms with E-state index in [1.165, 1.54) is 0 Å². The molecule has 0 aromatic rings. The first-order valence-electron chi connectivity index (χ1n) is 4.68. The summed E-state index contributed by atoms with van der Waals surface area (Å²) in [6, 6.07) is 0. The van der Waals surface area contributed by atoms with Crippen LogP contribution >= 0.6 is 0 Å². The van der Waals surface area contributed by atoms with Crippen molar-refractivity contribution in [1.29, 1.82) is 0 Å². The van der Waals surface area contributed by atoms with Crippen LogP contribution < -0.4 is 0 Å². The molecule has 0 radical (unpaired) electrons. The highest BCUT2D eigenvalue weighted by atomic mass is 16.7. The monoisotopic (exact) mass is 190 g/mol. The molecule has 4 heteroatoms. The lowest BCUT2D eigenvalue weighted by atomic mass is 10.1. The topological polar surface area (TPSA) is 55.8 Å². The predicted molar refractivity (Wildman–Crippen MR) is 48.9 cm³/mol. The van der Waals surface area contributed by atoms with Gasteiger partial charge < -0.3 is 14.6 Å². The first kappa shape index (κ1) is 12.2. The van der Waals surface area contributed by atoms with Gasteiger partial charge in [0.05, 0.1) is 12.7 Å². The first-order chi connectivity index (χ1) is 6.20. The van der Waals surface area contributed by atoms with E-state index in [0.717, 1.165) is 19.3 Å². The Kier molecular flexibility index (Phi) is 7.39. The normalized spacial score (nSPS) is 12.5. The minimum atomic E-state index is -1.20. The highest BCUT2D eigenvalue weighted by Crippen LogP contribution is 2.06. The highest BCUT2D eigenvalue weighted by molar-refractivity contribution is 5.56. The highest BCUT2D eigenvalue weighted by Gasteiger charge is 2.05. The molecule has 0 fully saturated rings. The summed E-state index contributed by atoms with van der Waals surface area (Å²) in [4.78, 5) is 9.99. The van der Waals surface area contributed by atoms with E-state index in [9.17, 15) is 4.79 Å². The van der Waals surface area contributed by atoms with Crippen molar-refractivity contribution in [3.63, 3.8) is 0 Å². The molecule has 0 amide bonds. The van der Waals surface area contributed by atoms with Crippen molar-refractivity contribution in [3.8, 4) is 0 Å². The fourth-order valence-corrected chi connectivity index (χ4v) is 1.11. The van der Waals surface area contributed by atoms with Gasteiger partial charge in [-0.1, -0.05) is 6.92 Å². The van der Waals surface area contributed by atoms with Crippen molar-refractivity contribution < 1.29 is 19.4 Å². The molecule has 0 aliphatic heterocycles. The standard InChI is InChI=1S/C9H18O4/c1-3-8(12-4-2)6-5-7-13-9(10)11/h8H,3-7H2,1-2H3,(H,10,11). The number of hydrogen-bond donors (Lipinski definition) is 1. The van der Waals surface area contributed by atoms with Gasteiger partial charge >= 0.3 is 6.16 Å². The lowest BCUT2D eigenvalue weighted by molar-refractivity contribution is 0.0432. The molecule has 0 rings (SSSR count). The van der Waals surface area contributed by atoms with Crippen molar-refractivity contribution in [2.45, 2.75) is 39.2 Å². The molecule has 0 spiro atoms. The van der Waals surface area contributed by atoms with Crippen LogP contribution in [0.15, 0.2) is 0 Å². The second-order valence-corrected chi connectivity index (χ2v) is 2.74. The molecule has 0 aromatic heterocycles. The fourth-order valence-electron chi connectivity index (χ4n) is 1.11. The Hall–Kier alpha value is -0.770. The molecule has 0 heterocycles. The molecule has 0 saturated carbocycles. The maximum atomic E-state index is 9.99. The van der Waals surface area contributed by atoms with E-state index in [2.05, 4.69) is 11.7 Å².